The van der Waals surface area contributed by atoms with Crippen molar-refractivity contribution in [2.24, 2.45) is 0 Å². The van der Waals surface area contributed by atoms with E-state index in [1.54, 1.807) is 26.2 Å². The van der Waals surface area contributed by atoms with Crippen molar-refractivity contribution in [1.82, 2.24) is 4.31 Å². The first-order chi connectivity index (χ1) is 8.89. The topological polar surface area (TPSA) is 49.4 Å². The van der Waals surface area contributed by atoms with Crippen molar-refractivity contribution in [2.75, 3.05) is 19.4 Å². The SMILES string of the molecule is CCCCC(C)Nc1ccccc1S(=O)(=O)N(C)C. The number of nitrogens with one attached hydrogen (secondary N) is 1. The Labute approximate surface area is 116 Å². The molecule has 1 unspecified atom stereocenters. The van der Waals surface area contributed by atoms with E-state index >= 15 is 0 Å². The molecule has 0 aliphatic carbocycles. The highest BCUT2D eigenvalue weighted by Gasteiger charge is 2.21. The number of rotatable bonds is 7. The predicted octanol–water partition coefficient (Wildman–Crippen LogP) is 2.93. The van der Waals surface area contributed by atoms with Gasteiger partial charge in [-0.3, -0.25) is 0 Å². The van der Waals surface area contributed by atoms with E-state index < -0.39 is 10.0 Å². The second kappa shape index (κ2) is 6.91. The van der Waals surface area contributed by atoms with Gasteiger partial charge in [-0.1, -0.05) is 31.9 Å². The van der Waals surface area contributed by atoms with Gasteiger partial charge in [0, 0.05) is 20.1 Å². The summed E-state index contributed by atoms with van der Waals surface area (Å²) in [6.07, 6.45) is 3.31. The Bertz CT molecular complexity index is 498. The molecule has 4 nitrogen and oxygen atoms in total. The summed E-state index contributed by atoms with van der Waals surface area (Å²) in [4.78, 5) is 0.336. The van der Waals surface area contributed by atoms with Crippen molar-refractivity contribution in [3.05, 3.63) is 24.3 Å². The molecule has 0 saturated carbocycles. The monoisotopic (exact) mass is 284 g/mol. The Morgan fingerprint density at radius 2 is 1.89 bits per heavy atom. The van der Waals surface area contributed by atoms with Crippen LogP contribution in [0.25, 0.3) is 0 Å². The zero-order valence-corrected chi connectivity index (χ0v) is 13.0. The van der Waals surface area contributed by atoms with Gasteiger partial charge in [0.15, 0.2) is 0 Å². The second-order valence-corrected chi connectivity index (χ2v) is 7.09. The van der Waals surface area contributed by atoms with Gasteiger partial charge in [0.2, 0.25) is 10.0 Å². The quantitative estimate of drug-likeness (QED) is 0.837. The summed E-state index contributed by atoms with van der Waals surface area (Å²) in [5.74, 6) is 0. The molecule has 0 aliphatic heterocycles. The number of nitrogens with zero attached hydrogens (tertiary/aromatic N) is 1. The number of benzene rings is 1. The molecule has 0 saturated heterocycles. The van der Waals surface area contributed by atoms with Crippen LogP contribution in [-0.4, -0.2) is 32.9 Å². The molecule has 0 radical (unpaired) electrons. The van der Waals surface area contributed by atoms with Gasteiger partial charge in [0.1, 0.15) is 4.90 Å². The summed E-state index contributed by atoms with van der Waals surface area (Å²) in [5, 5.41) is 3.30. The molecule has 108 valence electrons. The van der Waals surface area contributed by atoms with E-state index in [1.165, 1.54) is 4.31 Å². The number of hydrogen-bond acceptors (Lipinski definition) is 3. The molecule has 1 atom stereocenters. The van der Waals surface area contributed by atoms with Gasteiger partial charge >= 0.3 is 0 Å². The first-order valence-corrected chi connectivity index (χ1v) is 8.11. The van der Waals surface area contributed by atoms with E-state index in [2.05, 4.69) is 19.2 Å². The van der Waals surface area contributed by atoms with Crippen LogP contribution in [0.4, 0.5) is 5.69 Å². The molecular weight excluding hydrogens is 260 g/mol. The highest BCUT2D eigenvalue weighted by Crippen LogP contribution is 2.24. The third-order valence-electron chi connectivity index (χ3n) is 3.04. The number of hydrogen-bond donors (Lipinski definition) is 1. The third kappa shape index (κ3) is 4.21. The molecule has 0 aliphatic rings. The van der Waals surface area contributed by atoms with Gasteiger partial charge in [-0.25, -0.2) is 12.7 Å². The molecule has 1 aromatic carbocycles. The normalized spacial score (nSPS) is 13.5. The summed E-state index contributed by atoms with van der Waals surface area (Å²) in [6, 6.07) is 7.32. The molecule has 0 amide bonds. The number of unbranched alkanes of at least 4 members (excludes halogenated alkanes) is 1. The van der Waals surface area contributed by atoms with Gasteiger partial charge in [-0.2, -0.15) is 0 Å². The molecular formula is C14H24N2O2S. The maximum absolute atomic E-state index is 12.2. The van der Waals surface area contributed by atoms with E-state index in [1.807, 2.05) is 12.1 Å². The van der Waals surface area contributed by atoms with Crippen LogP contribution < -0.4 is 5.32 Å². The Morgan fingerprint density at radius 3 is 2.47 bits per heavy atom. The average molecular weight is 284 g/mol. The summed E-state index contributed by atoms with van der Waals surface area (Å²) >= 11 is 0. The maximum atomic E-state index is 12.2. The zero-order chi connectivity index (χ0) is 14.5. The van der Waals surface area contributed by atoms with E-state index in [4.69, 9.17) is 0 Å². The van der Waals surface area contributed by atoms with Crippen LogP contribution in [-0.2, 0) is 10.0 Å². The lowest BCUT2D eigenvalue weighted by molar-refractivity contribution is 0.521. The molecule has 0 spiro atoms. The standard InChI is InChI=1S/C14H24N2O2S/c1-5-6-9-12(2)15-13-10-7-8-11-14(13)19(17,18)16(3)4/h7-8,10-12,15H,5-6,9H2,1-4H3. The minimum absolute atomic E-state index is 0.262. The fourth-order valence-corrected chi connectivity index (χ4v) is 2.90. The molecule has 1 rings (SSSR count). The largest absolute Gasteiger partial charge is 0.381 e. The number of sulfonamides is 1. The molecule has 19 heavy (non-hydrogen) atoms. The smallest absolute Gasteiger partial charge is 0.244 e. The lowest BCUT2D eigenvalue weighted by Gasteiger charge is -2.19. The van der Waals surface area contributed by atoms with Gasteiger partial charge in [-0.05, 0) is 25.5 Å². The van der Waals surface area contributed by atoms with Crippen LogP contribution in [0, 0.1) is 0 Å². The molecule has 0 aromatic heterocycles. The van der Waals surface area contributed by atoms with Crippen molar-refractivity contribution in [3.8, 4) is 0 Å². The van der Waals surface area contributed by atoms with Gasteiger partial charge in [0.05, 0.1) is 5.69 Å². The summed E-state index contributed by atoms with van der Waals surface area (Å²) in [5.41, 5.74) is 0.680. The fraction of sp³-hybridized carbons (Fsp3) is 0.571. The number of para-hydroxylation sites is 1. The van der Waals surface area contributed by atoms with E-state index in [-0.39, 0.29) is 6.04 Å². The Hall–Kier alpha value is -1.07. The van der Waals surface area contributed by atoms with E-state index in [0.717, 1.165) is 19.3 Å². The van der Waals surface area contributed by atoms with Crippen LogP contribution >= 0.6 is 0 Å². The zero-order valence-electron chi connectivity index (χ0n) is 12.2. The van der Waals surface area contributed by atoms with Crippen LogP contribution in [0.2, 0.25) is 0 Å². The van der Waals surface area contributed by atoms with Crippen molar-refractivity contribution in [2.45, 2.75) is 44.0 Å². The summed E-state index contributed by atoms with van der Waals surface area (Å²) in [6.45, 7) is 4.23. The lowest BCUT2D eigenvalue weighted by Crippen LogP contribution is -2.24. The first-order valence-electron chi connectivity index (χ1n) is 6.67. The highest BCUT2D eigenvalue weighted by molar-refractivity contribution is 7.89. The number of anilines is 1. The van der Waals surface area contributed by atoms with Crippen LogP contribution in [0.5, 0.6) is 0 Å². The maximum Gasteiger partial charge on any atom is 0.244 e. The Balaban J connectivity index is 2.97. The average Bonchev–Trinajstić information content (AvgIpc) is 2.36. The molecule has 1 N–H and O–H groups in total. The Morgan fingerprint density at radius 1 is 1.26 bits per heavy atom. The van der Waals surface area contributed by atoms with Crippen molar-refractivity contribution < 1.29 is 8.42 Å². The third-order valence-corrected chi connectivity index (χ3v) is 4.91. The Kier molecular flexibility index (Phi) is 5.82. The van der Waals surface area contributed by atoms with E-state index in [0.29, 0.717) is 10.6 Å². The van der Waals surface area contributed by atoms with Gasteiger partial charge in [0.25, 0.3) is 0 Å². The van der Waals surface area contributed by atoms with Crippen LogP contribution in [0.3, 0.4) is 0 Å². The molecule has 0 bridgehead atoms. The van der Waals surface area contributed by atoms with E-state index in [9.17, 15) is 8.42 Å². The molecule has 5 heteroatoms. The predicted molar refractivity (Wildman–Crippen MR) is 79.9 cm³/mol. The minimum atomic E-state index is -3.40. The van der Waals surface area contributed by atoms with Crippen molar-refractivity contribution >= 4 is 15.7 Å². The lowest BCUT2D eigenvalue weighted by atomic mass is 10.1. The summed E-state index contributed by atoms with van der Waals surface area (Å²) < 4.78 is 25.7. The van der Waals surface area contributed by atoms with Crippen molar-refractivity contribution in [3.63, 3.8) is 0 Å². The van der Waals surface area contributed by atoms with Crippen LogP contribution in [0.15, 0.2) is 29.2 Å². The molecule has 1 aromatic rings. The summed E-state index contributed by atoms with van der Waals surface area (Å²) in [7, 11) is -0.306. The van der Waals surface area contributed by atoms with Crippen molar-refractivity contribution in [1.29, 1.82) is 0 Å². The van der Waals surface area contributed by atoms with Gasteiger partial charge < -0.3 is 5.32 Å². The van der Waals surface area contributed by atoms with Gasteiger partial charge in [-0.15, -0.1) is 0 Å². The van der Waals surface area contributed by atoms with Crippen LogP contribution in [0.1, 0.15) is 33.1 Å². The minimum Gasteiger partial charge on any atom is -0.381 e. The first kappa shape index (κ1) is 16.0. The highest BCUT2D eigenvalue weighted by atomic mass is 32.2. The second-order valence-electron chi connectivity index (χ2n) is 4.97. The molecule has 0 heterocycles. The molecule has 0 fully saturated rings. The fourth-order valence-electron chi connectivity index (χ4n) is 1.86.